The first-order chi connectivity index (χ1) is 15.3. The number of thiazole rings is 1. The molecule has 0 bridgehead atoms. The molecule has 10 nitrogen and oxygen atoms in total. The molecule has 1 aliphatic heterocycles. The van der Waals surface area contributed by atoms with Gasteiger partial charge in [0, 0.05) is 42.8 Å². The van der Waals surface area contributed by atoms with Crippen LogP contribution in [0.3, 0.4) is 0 Å². The quantitative estimate of drug-likeness (QED) is 0.519. The molecule has 0 aromatic carbocycles. The molecule has 0 spiro atoms. The van der Waals surface area contributed by atoms with E-state index in [0.29, 0.717) is 49.2 Å². The highest BCUT2D eigenvalue weighted by Gasteiger charge is 2.26. The summed E-state index contributed by atoms with van der Waals surface area (Å²) in [7, 11) is 0. The zero-order chi connectivity index (χ0) is 22.8. The van der Waals surface area contributed by atoms with Gasteiger partial charge in [0.15, 0.2) is 5.82 Å². The summed E-state index contributed by atoms with van der Waals surface area (Å²) in [5.41, 5.74) is 1.09. The van der Waals surface area contributed by atoms with Crippen LogP contribution in [-0.4, -0.2) is 66.8 Å². The molecule has 3 N–H and O–H groups in total. The standard InChI is InChI=1S/C21H27N7O3S/c1-12(2)13(3)23-17-10-16(19(29)27-6-4-14(5-7-27)24-21(30)31)25-18(26-17)15-11-22-28-8-9-32-20(15)28/h8-14,24H,4-7H2,1-3H3,(H,30,31)(H,23,25,26)/t13-/m0/s1. The minimum atomic E-state index is -1.04. The Morgan fingerprint density at radius 3 is 2.66 bits per heavy atom. The molecule has 0 saturated carbocycles. The minimum absolute atomic E-state index is 0.138. The highest BCUT2D eigenvalue weighted by molar-refractivity contribution is 7.16. The molecule has 2 amide bonds. The van der Waals surface area contributed by atoms with Crippen LogP contribution in [0.15, 0.2) is 23.8 Å². The Kier molecular flexibility index (Phi) is 6.26. The van der Waals surface area contributed by atoms with Crippen molar-refractivity contribution in [2.45, 2.75) is 45.7 Å². The molecule has 0 radical (unpaired) electrons. The highest BCUT2D eigenvalue weighted by Crippen LogP contribution is 2.27. The summed E-state index contributed by atoms with van der Waals surface area (Å²) in [5.74, 6) is 1.25. The predicted molar refractivity (Wildman–Crippen MR) is 122 cm³/mol. The maximum absolute atomic E-state index is 13.3. The first-order valence-corrected chi connectivity index (χ1v) is 11.6. The van der Waals surface area contributed by atoms with Gasteiger partial charge in [-0.1, -0.05) is 13.8 Å². The number of rotatable bonds is 6. The molecule has 0 aliphatic carbocycles. The van der Waals surface area contributed by atoms with Crippen LogP contribution in [0.25, 0.3) is 16.2 Å². The van der Waals surface area contributed by atoms with E-state index in [-0.39, 0.29) is 18.0 Å². The molecule has 1 aliphatic rings. The molecule has 3 aromatic rings. The number of anilines is 1. The number of fused-ring (bicyclic) bond motifs is 1. The zero-order valence-corrected chi connectivity index (χ0v) is 19.1. The maximum Gasteiger partial charge on any atom is 0.404 e. The number of likely N-dealkylation sites (tertiary alicyclic amines) is 1. The average Bonchev–Trinajstić information content (AvgIpc) is 3.37. The highest BCUT2D eigenvalue weighted by atomic mass is 32.1. The van der Waals surface area contributed by atoms with Crippen LogP contribution < -0.4 is 10.6 Å². The molecule has 4 rings (SSSR count). The van der Waals surface area contributed by atoms with Gasteiger partial charge in [-0.15, -0.1) is 11.3 Å². The number of carbonyl (C=O) groups excluding carboxylic acids is 1. The van der Waals surface area contributed by atoms with Gasteiger partial charge in [0.2, 0.25) is 0 Å². The Morgan fingerprint density at radius 1 is 1.22 bits per heavy atom. The third-order valence-corrected chi connectivity index (χ3v) is 6.69. The molecular weight excluding hydrogens is 430 g/mol. The van der Waals surface area contributed by atoms with E-state index >= 15 is 0 Å². The van der Waals surface area contributed by atoms with Crippen molar-refractivity contribution in [3.05, 3.63) is 29.5 Å². The molecule has 4 heterocycles. The number of carbonyl (C=O) groups is 2. The van der Waals surface area contributed by atoms with E-state index in [2.05, 4.69) is 46.5 Å². The number of hydrogen-bond acceptors (Lipinski definition) is 7. The Balaban J connectivity index is 1.63. The Labute approximate surface area is 189 Å². The number of aromatic nitrogens is 4. The van der Waals surface area contributed by atoms with Crippen molar-refractivity contribution in [2.75, 3.05) is 18.4 Å². The van der Waals surface area contributed by atoms with Gasteiger partial charge < -0.3 is 20.6 Å². The summed E-state index contributed by atoms with van der Waals surface area (Å²) in [6.45, 7) is 7.25. The minimum Gasteiger partial charge on any atom is -0.465 e. The van der Waals surface area contributed by atoms with Gasteiger partial charge in [-0.05, 0) is 25.7 Å². The zero-order valence-electron chi connectivity index (χ0n) is 18.3. The number of nitrogens with one attached hydrogen (secondary N) is 2. The number of amides is 2. The van der Waals surface area contributed by atoms with E-state index in [4.69, 9.17) is 5.11 Å². The van der Waals surface area contributed by atoms with Crippen molar-refractivity contribution in [2.24, 2.45) is 5.92 Å². The normalized spacial score (nSPS) is 15.8. The Morgan fingerprint density at radius 2 is 1.97 bits per heavy atom. The summed E-state index contributed by atoms with van der Waals surface area (Å²) < 4.78 is 1.77. The molecule has 3 aromatic heterocycles. The SMILES string of the molecule is CC(C)[C@H](C)Nc1cc(C(=O)N2CCC(NC(=O)O)CC2)nc(-c2cnn3ccsc23)n1. The third-order valence-electron chi connectivity index (χ3n) is 5.80. The maximum atomic E-state index is 13.3. The van der Waals surface area contributed by atoms with E-state index in [1.54, 1.807) is 21.7 Å². The number of hydrogen-bond donors (Lipinski definition) is 3. The van der Waals surface area contributed by atoms with E-state index in [1.807, 2.05) is 11.6 Å². The van der Waals surface area contributed by atoms with Gasteiger partial charge in [-0.25, -0.2) is 19.3 Å². The second kappa shape index (κ2) is 9.11. The van der Waals surface area contributed by atoms with Crippen LogP contribution in [0.4, 0.5) is 10.6 Å². The lowest BCUT2D eigenvalue weighted by Crippen LogP contribution is -2.46. The molecule has 0 unspecified atom stereocenters. The molecule has 1 atom stereocenters. The van der Waals surface area contributed by atoms with Crippen LogP contribution in [-0.2, 0) is 0 Å². The van der Waals surface area contributed by atoms with Gasteiger partial charge in [-0.3, -0.25) is 4.79 Å². The molecule has 170 valence electrons. The summed E-state index contributed by atoms with van der Waals surface area (Å²) in [4.78, 5) is 36.1. The van der Waals surface area contributed by atoms with Crippen LogP contribution in [0.1, 0.15) is 44.1 Å². The largest absolute Gasteiger partial charge is 0.465 e. The summed E-state index contributed by atoms with van der Waals surface area (Å²) in [5, 5.41) is 21.1. The second-order valence-corrected chi connectivity index (χ2v) is 9.26. The van der Waals surface area contributed by atoms with Gasteiger partial charge in [-0.2, -0.15) is 5.10 Å². The van der Waals surface area contributed by atoms with E-state index in [1.165, 1.54) is 11.3 Å². The van der Waals surface area contributed by atoms with Crippen LogP contribution in [0.5, 0.6) is 0 Å². The van der Waals surface area contributed by atoms with Crippen molar-refractivity contribution in [3.63, 3.8) is 0 Å². The lowest BCUT2D eigenvalue weighted by molar-refractivity contribution is 0.0700. The van der Waals surface area contributed by atoms with Crippen molar-refractivity contribution in [1.82, 2.24) is 29.8 Å². The Bertz CT molecular complexity index is 1120. The van der Waals surface area contributed by atoms with Crippen LogP contribution in [0.2, 0.25) is 0 Å². The number of nitrogens with zero attached hydrogens (tertiary/aromatic N) is 5. The summed E-state index contributed by atoms with van der Waals surface area (Å²) in [6.07, 6.45) is 3.70. The Hall–Kier alpha value is -3.21. The lowest BCUT2D eigenvalue weighted by atomic mass is 10.0. The first-order valence-electron chi connectivity index (χ1n) is 10.7. The third kappa shape index (κ3) is 4.67. The van der Waals surface area contributed by atoms with E-state index < -0.39 is 6.09 Å². The molecule has 1 saturated heterocycles. The predicted octanol–water partition coefficient (Wildman–Crippen LogP) is 3.18. The monoisotopic (exact) mass is 457 g/mol. The van der Waals surface area contributed by atoms with Gasteiger partial charge in [0.05, 0.1) is 11.8 Å². The van der Waals surface area contributed by atoms with Crippen molar-refractivity contribution in [3.8, 4) is 11.4 Å². The summed E-state index contributed by atoms with van der Waals surface area (Å²) in [6, 6.07) is 1.72. The topological polar surface area (TPSA) is 125 Å². The van der Waals surface area contributed by atoms with Gasteiger partial charge in [0.25, 0.3) is 5.91 Å². The molecular formula is C21H27N7O3S. The molecule has 32 heavy (non-hydrogen) atoms. The number of carboxylic acid groups (broad SMARTS) is 1. The first kappa shape index (κ1) is 22.0. The van der Waals surface area contributed by atoms with Crippen LogP contribution >= 0.6 is 11.3 Å². The molecule has 11 heteroatoms. The van der Waals surface area contributed by atoms with Crippen molar-refractivity contribution >= 4 is 34.0 Å². The van der Waals surface area contributed by atoms with Gasteiger partial charge in [0.1, 0.15) is 16.3 Å². The fourth-order valence-electron chi connectivity index (χ4n) is 3.60. The fraction of sp³-hybridized carbons (Fsp3) is 0.476. The summed E-state index contributed by atoms with van der Waals surface area (Å²) >= 11 is 1.54. The van der Waals surface area contributed by atoms with Crippen LogP contribution in [0, 0.1) is 5.92 Å². The fourth-order valence-corrected chi connectivity index (χ4v) is 4.39. The van der Waals surface area contributed by atoms with Crippen molar-refractivity contribution in [1.29, 1.82) is 0 Å². The number of piperidine rings is 1. The van der Waals surface area contributed by atoms with Gasteiger partial charge >= 0.3 is 6.09 Å². The average molecular weight is 458 g/mol. The smallest absolute Gasteiger partial charge is 0.404 e. The van der Waals surface area contributed by atoms with Crippen molar-refractivity contribution < 1.29 is 14.7 Å². The van der Waals surface area contributed by atoms with E-state index in [0.717, 1.165) is 10.4 Å². The second-order valence-electron chi connectivity index (χ2n) is 8.37. The van der Waals surface area contributed by atoms with E-state index in [9.17, 15) is 9.59 Å². The lowest BCUT2D eigenvalue weighted by Gasteiger charge is -2.31. The molecule has 1 fully saturated rings.